The standard InChI is InChI=1S/2C50H64F2N4O10S/c2*1-9-31-20-30(4)12-10-11-13-33-25-50(33,47(60)55-67(61,62)37-16-17-37)26-43(57)42-23-36(28-56(42)46(59)39(31)24-44(58)66-48(5,6)49(7,51)52)65-45-38-18-14-34(63-8)21-32(38)22-41(54-45)40-19-15-35(27-53-40)64-29(2)3/h2*11,13-15,18-19,21-22,27,29-31,33,36-37,39,42H,9-10,12,16-17,20,23-26,28H2,1-8H3,(H,55,60)/b2*13-11-/t30-,31+,33+,36+,39-,42-,50+;30-,31-,33-,36-,39+,42+,50-/m01/s1. The molecule has 0 bridgehead atoms. The first-order valence-electron chi connectivity index (χ1n) is 47.0. The summed E-state index contributed by atoms with van der Waals surface area (Å²) < 4.78 is 162. The number of alkyl halides is 4. The van der Waals surface area contributed by atoms with E-state index in [1.54, 1.807) is 75.1 Å². The van der Waals surface area contributed by atoms with Gasteiger partial charge in [0.1, 0.15) is 35.2 Å². The van der Waals surface area contributed by atoms with Crippen LogP contribution in [0.4, 0.5) is 17.6 Å². The Morgan fingerprint density at radius 2 is 0.873 bits per heavy atom. The minimum absolute atomic E-state index is 0.0222. The molecular weight excluding hydrogens is 1770 g/mol. The number of methoxy groups -OCH3 is 2. The van der Waals surface area contributed by atoms with E-state index in [0.717, 1.165) is 27.7 Å². The van der Waals surface area contributed by atoms with Gasteiger partial charge in [-0.3, -0.25) is 57.8 Å². The molecule has 8 heterocycles. The van der Waals surface area contributed by atoms with Crippen LogP contribution in [0.25, 0.3) is 44.3 Å². The molecule has 4 saturated carbocycles. The van der Waals surface area contributed by atoms with Gasteiger partial charge in [0.25, 0.3) is 11.8 Å². The van der Waals surface area contributed by atoms with Crippen molar-refractivity contribution in [3.8, 4) is 57.5 Å². The summed E-state index contributed by atoms with van der Waals surface area (Å²) in [6, 6.07) is 19.3. The molecule has 4 aliphatic carbocycles. The third-order valence-electron chi connectivity index (χ3n) is 27.9. The molecule has 728 valence electrons. The quantitative estimate of drug-likeness (QED) is 0.0262. The summed E-state index contributed by atoms with van der Waals surface area (Å²) in [5, 5.41) is 1.33. The zero-order chi connectivity index (χ0) is 97.3. The third kappa shape index (κ3) is 23.6. The predicted octanol–water partition coefficient (Wildman–Crippen LogP) is 16.8. The van der Waals surface area contributed by atoms with Crippen LogP contribution in [-0.2, 0) is 67.9 Å². The number of benzene rings is 2. The van der Waals surface area contributed by atoms with Crippen molar-refractivity contribution in [2.45, 2.75) is 295 Å². The Balaban J connectivity index is 0.000000227. The molecule has 4 amide bonds. The minimum atomic E-state index is -3.95. The van der Waals surface area contributed by atoms with Crippen molar-refractivity contribution >= 4 is 88.7 Å². The number of halogens is 4. The number of Topliss-reactive ketones (excluding diaryl/α,β-unsaturated/α-hetero) is 2. The molecule has 14 atom stereocenters. The lowest BCUT2D eigenvalue weighted by atomic mass is 9.79. The van der Waals surface area contributed by atoms with Gasteiger partial charge in [-0.05, 0) is 252 Å². The number of pyridine rings is 4. The molecule has 0 spiro atoms. The monoisotopic (exact) mass is 1900 g/mol. The Bertz CT molecular complexity index is 5320. The fraction of sp³-hybridized carbons (Fsp3) is 0.600. The van der Waals surface area contributed by atoms with E-state index in [4.69, 9.17) is 47.9 Å². The van der Waals surface area contributed by atoms with Crippen molar-refractivity contribution in [1.29, 1.82) is 0 Å². The summed E-state index contributed by atoms with van der Waals surface area (Å²) in [6.45, 7) is 21.1. The predicted molar refractivity (Wildman–Crippen MR) is 494 cm³/mol. The first-order chi connectivity index (χ1) is 63.1. The molecule has 0 unspecified atom stereocenters. The lowest BCUT2D eigenvalue weighted by Gasteiger charge is -2.35. The van der Waals surface area contributed by atoms with Crippen LogP contribution in [-0.4, -0.2) is 191 Å². The number of nitrogens with zero attached hydrogens (tertiary/aromatic N) is 6. The summed E-state index contributed by atoms with van der Waals surface area (Å²) >= 11 is 0. The van der Waals surface area contributed by atoms with Gasteiger partial charge in [-0.15, -0.1) is 0 Å². The first kappa shape index (κ1) is 101. The van der Waals surface area contributed by atoms with Gasteiger partial charge in [0, 0.05) is 50.3 Å². The van der Waals surface area contributed by atoms with E-state index in [-0.39, 0.29) is 87.4 Å². The van der Waals surface area contributed by atoms with Crippen LogP contribution in [0.5, 0.6) is 34.8 Å². The normalized spacial score (nSPS) is 26.8. The average molecular weight is 1900 g/mol. The summed E-state index contributed by atoms with van der Waals surface area (Å²) in [7, 11) is -4.78. The molecule has 4 aliphatic heterocycles. The number of amides is 4. The number of ketones is 2. The number of hydrogen-bond acceptors (Lipinski definition) is 24. The van der Waals surface area contributed by atoms with Crippen LogP contribution in [0, 0.1) is 58.2 Å². The zero-order valence-corrected chi connectivity index (χ0v) is 81.0. The highest BCUT2D eigenvalue weighted by molar-refractivity contribution is 7.91. The van der Waals surface area contributed by atoms with Crippen LogP contribution in [0.2, 0.25) is 0 Å². The van der Waals surface area contributed by atoms with Gasteiger partial charge in [-0.25, -0.2) is 44.4 Å². The topological polar surface area (TPSA) is 361 Å². The van der Waals surface area contributed by atoms with Crippen LogP contribution < -0.4 is 37.9 Å². The van der Waals surface area contributed by atoms with Crippen molar-refractivity contribution < 1.29 is 111 Å². The minimum Gasteiger partial charge on any atom is -0.497 e. The maximum absolute atomic E-state index is 15.3. The maximum atomic E-state index is 15.3. The molecule has 8 aliphatic rings. The average Bonchev–Trinajstić information content (AvgIpc) is 1.57. The Kier molecular flexibility index (Phi) is 30.5. The fourth-order valence-electron chi connectivity index (χ4n) is 18.8. The first-order valence-corrected chi connectivity index (χ1v) is 50.0. The number of allylic oxidation sites excluding steroid dienone is 4. The molecule has 2 N–H and O–H groups in total. The van der Waals surface area contributed by atoms with Crippen LogP contribution in [0.3, 0.4) is 0 Å². The lowest BCUT2D eigenvalue weighted by molar-refractivity contribution is -0.197. The Morgan fingerprint density at radius 1 is 0.507 bits per heavy atom. The molecule has 134 heavy (non-hydrogen) atoms. The van der Waals surface area contributed by atoms with Gasteiger partial charge in [0.15, 0.2) is 22.8 Å². The highest BCUT2D eigenvalue weighted by Crippen LogP contribution is 2.59. The SMILES string of the molecule is CC[C@@H]1C[C@@H](C)CC/C=C\[C@@H]2C[C@@]2(C(=O)NS(=O)(=O)C2CC2)CC(=O)[C@@H]2C[C@@H](Oc3nc(-c4ccc(OC(C)C)cn4)cc4cc(OC)ccc34)CN2C(=O)[C@H]1CC(=O)OC(C)(C)C(C)(F)F.CC[C@@H]1C[C@H](C)CC/C=C\[C@@H]2C[C@@]2(C(=O)NS(=O)(=O)C2CC2)CC(=O)[C@@H]2C[C@@H](Oc3nc(-c4ccc(OC(C)C)cn4)cc4cc(OC)ccc34)CN2C(=O)[C@H]1CC(=O)OC(C)(C)C(C)(F)F. The number of aromatic nitrogens is 4. The molecule has 34 heteroatoms. The van der Waals surface area contributed by atoms with Gasteiger partial charge < -0.3 is 47.7 Å². The van der Waals surface area contributed by atoms with Gasteiger partial charge in [-0.2, -0.15) is 0 Å². The number of carbonyl (C=O) groups is 8. The van der Waals surface area contributed by atoms with Gasteiger partial charge in [0.05, 0.1) is 133 Å². The summed E-state index contributed by atoms with van der Waals surface area (Å²) in [4.78, 5) is 138. The second-order valence-electron chi connectivity index (χ2n) is 39.8. The lowest BCUT2D eigenvalue weighted by Crippen LogP contribution is -2.48. The van der Waals surface area contributed by atoms with E-state index < -0.39 is 184 Å². The molecule has 28 nitrogen and oxygen atoms in total. The highest BCUT2D eigenvalue weighted by atomic mass is 32.2. The molecule has 6 aromatic rings. The molecule has 6 fully saturated rings. The van der Waals surface area contributed by atoms with Gasteiger partial charge in [-0.1, -0.05) is 64.8 Å². The summed E-state index contributed by atoms with van der Waals surface area (Å²) in [5.41, 5.74) is -5.10. The van der Waals surface area contributed by atoms with Crippen molar-refractivity contribution in [2.75, 3.05) is 27.3 Å². The summed E-state index contributed by atoms with van der Waals surface area (Å²) in [5.74, 6) is -13.1. The summed E-state index contributed by atoms with van der Waals surface area (Å²) in [6.07, 6.45) is 14.2. The molecule has 4 aromatic heterocycles. The number of rotatable bonds is 28. The van der Waals surface area contributed by atoms with E-state index in [1.165, 1.54) is 9.80 Å². The molecule has 14 rings (SSSR count). The number of fused-ring (bicyclic) bond motifs is 6. The van der Waals surface area contributed by atoms with Gasteiger partial charge >= 0.3 is 11.9 Å². The van der Waals surface area contributed by atoms with E-state index in [2.05, 4.69) is 19.4 Å². The Labute approximate surface area is 782 Å². The van der Waals surface area contributed by atoms with Crippen LogP contribution in [0.1, 0.15) is 225 Å². The Morgan fingerprint density at radius 3 is 1.19 bits per heavy atom. The number of nitrogens with one attached hydrogen (secondary N) is 2. The molecule has 2 aromatic carbocycles. The van der Waals surface area contributed by atoms with Crippen LogP contribution in [0.15, 0.2) is 109 Å². The van der Waals surface area contributed by atoms with E-state index in [1.807, 2.05) is 104 Å². The largest absolute Gasteiger partial charge is 0.497 e. The zero-order valence-electron chi connectivity index (χ0n) is 79.4. The fourth-order valence-corrected chi connectivity index (χ4v) is 21.6. The van der Waals surface area contributed by atoms with Crippen molar-refractivity contribution in [3.63, 3.8) is 0 Å². The molecular formula is C100H128F4N8O20S2. The van der Waals surface area contributed by atoms with Crippen molar-refractivity contribution in [1.82, 2.24) is 39.2 Å². The van der Waals surface area contributed by atoms with Crippen LogP contribution >= 0.6 is 0 Å². The number of ether oxygens (including phenoxy) is 8. The second-order valence-corrected chi connectivity index (χ2v) is 43.7. The highest BCUT2D eigenvalue weighted by Gasteiger charge is 2.64. The molecule has 2 saturated heterocycles. The number of sulfonamides is 2. The van der Waals surface area contributed by atoms with E-state index in [9.17, 15) is 63.2 Å². The maximum Gasteiger partial charge on any atom is 0.307 e. The molecule has 0 radical (unpaired) electrons. The third-order valence-corrected chi connectivity index (χ3v) is 31.6. The second kappa shape index (κ2) is 40.5. The van der Waals surface area contributed by atoms with E-state index in [0.29, 0.717) is 158 Å². The van der Waals surface area contributed by atoms with Crippen molar-refractivity contribution in [2.24, 2.45) is 58.2 Å². The smallest absolute Gasteiger partial charge is 0.307 e. The van der Waals surface area contributed by atoms with E-state index >= 15 is 9.59 Å². The van der Waals surface area contributed by atoms with Crippen molar-refractivity contribution in [3.05, 3.63) is 109 Å². The Hall–Kier alpha value is -10.4. The number of esters is 2. The number of carbonyl (C=O) groups excluding carboxylic acids is 8. The van der Waals surface area contributed by atoms with Gasteiger partial charge in [0.2, 0.25) is 55.4 Å². The number of hydrogen-bond donors (Lipinski definition) is 2.